The van der Waals surface area contributed by atoms with E-state index in [-0.39, 0.29) is 0 Å². The molecule has 0 N–H and O–H groups in total. The smallest absolute Gasteiger partial charge is 0.0713 e. The molecule has 46 heavy (non-hydrogen) atoms. The first kappa shape index (κ1) is 25.9. The molecule has 8 aromatic rings. The lowest BCUT2D eigenvalue weighted by Gasteiger charge is -2.34. The Morgan fingerprint density at radius 3 is 1.93 bits per heavy atom. The average molecular weight is 601 g/mol. The van der Waals surface area contributed by atoms with Gasteiger partial charge in [0, 0.05) is 15.2 Å². The summed E-state index contributed by atoms with van der Waals surface area (Å²) in [7, 11) is 0. The minimum atomic E-state index is -0.458. The summed E-state index contributed by atoms with van der Waals surface area (Å²) in [6.07, 6.45) is 0. The van der Waals surface area contributed by atoms with Crippen molar-refractivity contribution < 1.29 is 0 Å². The molecule has 2 aliphatic rings. The maximum absolute atomic E-state index is 2.47. The van der Waals surface area contributed by atoms with E-state index in [0.717, 1.165) is 0 Å². The van der Waals surface area contributed by atoms with E-state index >= 15 is 0 Å². The molecule has 1 heteroatoms. The summed E-state index contributed by atoms with van der Waals surface area (Å²) in [6, 6.07) is 63.4. The maximum atomic E-state index is 2.47. The van der Waals surface area contributed by atoms with Crippen LogP contribution >= 0.6 is 11.8 Å². The summed E-state index contributed by atoms with van der Waals surface area (Å²) in [5, 5.41) is 5.19. The molecule has 0 saturated carbocycles. The van der Waals surface area contributed by atoms with Crippen molar-refractivity contribution in [2.24, 2.45) is 0 Å². The quantitative estimate of drug-likeness (QED) is 0.194. The van der Waals surface area contributed by atoms with Crippen LogP contribution in [-0.2, 0) is 5.41 Å². The Hall–Kier alpha value is -5.37. The largest absolute Gasteiger partial charge is 0.0888 e. The lowest BCUT2D eigenvalue weighted by atomic mass is 9.67. The second-order valence-electron chi connectivity index (χ2n) is 12.4. The van der Waals surface area contributed by atoms with Gasteiger partial charge in [-0.1, -0.05) is 151 Å². The summed E-state index contributed by atoms with van der Waals surface area (Å²) in [5.41, 5.74) is 12.6. The van der Waals surface area contributed by atoms with Crippen molar-refractivity contribution in [3.8, 4) is 33.4 Å². The van der Waals surface area contributed by atoms with E-state index in [1.165, 1.54) is 87.0 Å². The second kappa shape index (κ2) is 9.81. The van der Waals surface area contributed by atoms with Crippen LogP contribution in [0.2, 0.25) is 0 Å². The van der Waals surface area contributed by atoms with Crippen LogP contribution in [0.4, 0.5) is 0 Å². The molecule has 8 aromatic carbocycles. The molecule has 0 nitrogen and oxygen atoms in total. The molecule has 0 spiro atoms. The van der Waals surface area contributed by atoms with Gasteiger partial charge in [0.25, 0.3) is 0 Å². The molecule has 0 saturated heterocycles. The van der Waals surface area contributed by atoms with Crippen LogP contribution in [0.15, 0.2) is 180 Å². The average Bonchev–Trinajstić information content (AvgIpc) is 3.41. The summed E-state index contributed by atoms with van der Waals surface area (Å²) >= 11 is 1.88. The van der Waals surface area contributed by atoms with E-state index in [4.69, 9.17) is 0 Å². The maximum Gasteiger partial charge on any atom is 0.0713 e. The molecule has 1 heterocycles. The zero-order valence-electron chi connectivity index (χ0n) is 25.1. The van der Waals surface area contributed by atoms with Gasteiger partial charge in [-0.3, -0.25) is 0 Å². The molecule has 0 radical (unpaired) electrons. The van der Waals surface area contributed by atoms with Crippen molar-refractivity contribution in [1.82, 2.24) is 0 Å². The molecule has 0 amide bonds. The van der Waals surface area contributed by atoms with Gasteiger partial charge in [-0.2, -0.15) is 0 Å². The monoisotopic (exact) mass is 600 g/mol. The highest BCUT2D eigenvalue weighted by Gasteiger charge is 2.46. The minimum absolute atomic E-state index is 0.458. The number of benzene rings is 8. The fourth-order valence-electron chi connectivity index (χ4n) is 8.19. The summed E-state index contributed by atoms with van der Waals surface area (Å²) < 4.78 is 0. The Kier molecular flexibility index (Phi) is 5.53. The van der Waals surface area contributed by atoms with Crippen LogP contribution in [0.3, 0.4) is 0 Å². The van der Waals surface area contributed by atoms with Crippen molar-refractivity contribution in [1.29, 1.82) is 0 Å². The SMILES string of the molecule is c1ccc(C2(c3cccc(-c4ccc5cccc6c5c4-c4ccccc4S6)c3)c3ccccc3-c3cc4ccccc4cc32)cc1. The topological polar surface area (TPSA) is 0 Å². The molecule has 1 aliphatic heterocycles. The predicted octanol–water partition coefficient (Wildman–Crippen LogP) is 12.2. The number of hydrogen-bond donors (Lipinski definition) is 0. The standard InChI is InChI=1S/C45H28S/c1-2-16-33(17-3-1)45(39-21-8-6-19-36(39)38-27-30-12-4-5-13-31(30)28-40(38)45)34-18-10-15-32(26-34)35-25-24-29-14-11-23-42-43(29)44(35)37-20-7-9-22-41(37)46-42/h1-28H. The third kappa shape index (κ3) is 3.52. The van der Waals surface area contributed by atoms with Gasteiger partial charge in [0.05, 0.1) is 5.41 Å². The first-order valence-electron chi connectivity index (χ1n) is 15.9. The van der Waals surface area contributed by atoms with E-state index in [9.17, 15) is 0 Å². The molecule has 1 unspecified atom stereocenters. The fraction of sp³-hybridized carbons (Fsp3) is 0.0222. The Morgan fingerprint density at radius 1 is 0.370 bits per heavy atom. The Morgan fingerprint density at radius 2 is 1.04 bits per heavy atom. The van der Waals surface area contributed by atoms with Crippen molar-refractivity contribution in [3.05, 3.63) is 192 Å². The number of rotatable bonds is 3. The van der Waals surface area contributed by atoms with Crippen LogP contribution in [-0.4, -0.2) is 0 Å². The molecule has 1 aliphatic carbocycles. The fourth-order valence-corrected chi connectivity index (χ4v) is 9.32. The zero-order chi connectivity index (χ0) is 30.2. The van der Waals surface area contributed by atoms with E-state index in [1.54, 1.807) is 0 Å². The van der Waals surface area contributed by atoms with Gasteiger partial charge in [-0.25, -0.2) is 0 Å². The molecule has 0 fully saturated rings. The molecule has 0 bridgehead atoms. The zero-order valence-corrected chi connectivity index (χ0v) is 25.9. The predicted molar refractivity (Wildman–Crippen MR) is 194 cm³/mol. The van der Waals surface area contributed by atoms with Gasteiger partial charge >= 0.3 is 0 Å². The molecule has 214 valence electrons. The molecular formula is C45H28S. The molecular weight excluding hydrogens is 573 g/mol. The van der Waals surface area contributed by atoms with E-state index in [2.05, 4.69) is 170 Å². The van der Waals surface area contributed by atoms with Gasteiger partial charge in [0.1, 0.15) is 0 Å². The Labute approximate surface area is 273 Å². The summed E-state index contributed by atoms with van der Waals surface area (Å²) in [4.78, 5) is 2.65. The highest BCUT2D eigenvalue weighted by Crippen LogP contribution is 2.58. The Balaban J connectivity index is 1.30. The third-order valence-corrected chi connectivity index (χ3v) is 11.2. The second-order valence-corrected chi connectivity index (χ2v) is 13.5. The number of hydrogen-bond acceptors (Lipinski definition) is 1. The van der Waals surface area contributed by atoms with Crippen LogP contribution in [0.5, 0.6) is 0 Å². The van der Waals surface area contributed by atoms with Gasteiger partial charge in [-0.05, 0) is 102 Å². The van der Waals surface area contributed by atoms with Gasteiger partial charge in [-0.15, -0.1) is 0 Å². The van der Waals surface area contributed by atoms with Crippen molar-refractivity contribution >= 4 is 33.3 Å². The van der Waals surface area contributed by atoms with Crippen molar-refractivity contribution in [2.75, 3.05) is 0 Å². The van der Waals surface area contributed by atoms with E-state index in [1.807, 2.05) is 11.8 Å². The van der Waals surface area contributed by atoms with Crippen LogP contribution < -0.4 is 0 Å². The van der Waals surface area contributed by atoms with Gasteiger partial charge in [0.15, 0.2) is 0 Å². The highest BCUT2D eigenvalue weighted by molar-refractivity contribution is 7.99. The lowest BCUT2D eigenvalue weighted by Crippen LogP contribution is -2.28. The normalized spacial score (nSPS) is 15.8. The van der Waals surface area contributed by atoms with Gasteiger partial charge in [0.2, 0.25) is 0 Å². The van der Waals surface area contributed by atoms with Crippen LogP contribution in [0.25, 0.3) is 54.9 Å². The highest BCUT2D eigenvalue weighted by atomic mass is 32.2. The van der Waals surface area contributed by atoms with Crippen LogP contribution in [0, 0.1) is 0 Å². The minimum Gasteiger partial charge on any atom is -0.0888 e. The molecule has 1 atom stereocenters. The first-order valence-corrected chi connectivity index (χ1v) is 16.7. The Bertz CT molecular complexity index is 2510. The number of fused-ring (bicyclic) bond motifs is 6. The molecule has 10 rings (SSSR count). The van der Waals surface area contributed by atoms with E-state index in [0.29, 0.717) is 0 Å². The first-order chi connectivity index (χ1) is 22.8. The van der Waals surface area contributed by atoms with E-state index < -0.39 is 5.41 Å². The van der Waals surface area contributed by atoms with Crippen molar-refractivity contribution in [3.63, 3.8) is 0 Å². The van der Waals surface area contributed by atoms with Gasteiger partial charge < -0.3 is 0 Å². The third-order valence-electron chi connectivity index (χ3n) is 10.1. The molecule has 0 aromatic heterocycles. The van der Waals surface area contributed by atoms with Crippen molar-refractivity contribution in [2.45, 2.75) is 15.2 Å². The lowest BCUT2D eigenvalue weighted by molar-refractivity contribution is 0.770. The van der Waals surface area contributed by atoms with Crippen LogP contribution in [0.1, 0.15) is 22.3 Å². The summed E-state index contributed by atoms with van der Waals surface area (Å²) in [6.45, 7) is 0. The summed E-state index contributed by atoms with van der Waals surface area (Å²) in [5.74, 6) is 0.